The number of hydrogen-bond acceptors (Lipinski definition) is 5. The van der Waals surface area contributed by atoms with Crippen LogP contribution < -0.4 is 0 Å². The molecule has 0 aliphatic rings. The lowest BCUT2D eigenvalue weighted by molar-refractivity contribution is -0.162. The van der Waals surface area contributed by atoms with Crippen LogP contribution >= 0.6 is 9.24 Å². The molecule has 0 heterocycles. The van der Waals surface area contributed by atoms with Gasteiger partial charge < -0.3 is 14.6 Å². The highest BCUT2D eigenvalue weighted by Gasteiger charge is 2.42. The maximum atomic E-state index is 12.5. The number of esters is 2. The van der Waals surface area contributed by atoms with Crippen molar-refractivity contribution in [2.45, 2.75) is 98.4 Å². The number of aliphatic hydroxyl groups is 1. The minimum Gasteiger partial charge on any atom is -0.463 e. The minimum atomic E-state index is -0.904. The van der Waals surface area contributed by atoms with Gasteiger partial charge in [-0.15, -0.1) is 9.24 Å². The molecule has 26 heavy (non-hydrogen) atoms. The number of aliphatic hydroxyl groups excluding tert-OH is 1. The molecule has 0 aromatic carbocycles. The molecule has 3 unspecified atom stereocenters. The van der Waals surface area contributed by atoms with E-state index >= 15 is 0 Å². The van der Waals surface area contributed by atoms with Crippen LogP contribution in [-0.2, 0) is 19.1 Å². The van der Waals surface area contributed by atoms with E-state index in [-0.39, 0.29) is 24.4 Å². The lowest BCUT2D eigenvalue weighted by Gasteiger charge is -2.34. The molecule has 0 saturated carbocycles. The second-order valence-corrected chi connectivity index (χ2v) is 11.2. The van der Waals surface area contributed by atoms with Gasteiger partial charge in [0.2, 0.25) is 0 Å². The molecule has 0 spiro atoms. The Balaban J connectivity index is 4.79. The summed E-state index contributed by atoms with van der Waals surface area (Å²) in [7, 11) is 2.50. The van der Waals surface area contributed by atoms with Crippen molar-refractivity contribution in [3.63, 3.8) is 0 Å². The maximum absolute atomic E-state index is 12.5. The largest absolute Gasteiger partial charge is 0.463 e. The number of carbonyl (C=O) groups excluding carboxylic acids is 2. The van der Waals surface area contributed by atoms with Crippen molar-refractivity contribution in [3.8, 4) is 0 Å². The quantitative estimate of drug-likeness (QED) is 0.474. The van der Waals surface area contributed by atoms with Crippen LogP contribution in [-0.4, -0.2) is 40.5 Å². The van der Waals surface area contributed by atoms with Gasteiger partial charge in [0, 0.05) is 0 Å². The van der Waals surface area contributed by atoms with E-state index in [1.54, 1.807) is 20.8 Å². The zero-order valence-electron chi connectivity index (χ0n) is 18.1. The lowest BCUT2D eigenvalue weighted by Crippen LogP contribution is -2.42. The van der Waals surface area contributed by atoms with Gasteiger partial charge in [-0.2, -0.15) is 0 Å². The van der Waals surface area contributed by atoms with E-state index in [2.05, 4.69) is 30.0 Å². The Morgan fingerprint density at radius 3 is 1.92 bits per heavy atom. The first-order chi connectivity index (χ1) is 11.4. The molecule has 1 N–H and O–H groups in total. The number of carbonyl (C=O) groups is 2. The minimum absolute atomic E-state index is 0.00329. The Bertz CT molecular complexity index is 489. The Morgan fingerprint density at radius 2 is 1.50 bits per heavy atom. The molecule has 0 aromatic heterocycles. The average Bonchev–Trinajstić information content (AvgIpc) is 2.41. The first-order valence-corrected chi connectivity index (χ1v) is 9.87. The predicted molar refractivity (Wildman–Crippen MR) is 108 cm³/mol. The third kappa shape index (κ3) is 9.32. The molecule has 0 bridgehead atoms. The van der Waals surface area contributed by atoms with Gasteiger partial charge in [0.1, 0.15) is 12.2 Å². The first kappa shape index (κ1) is 25.3. The number of rotatable bonds is 9. The van der Waals surface area contributed by atoms with E-state index in [4.69, 9.17) is 9.47 Å². The highest BCUT2D eigenvalue weighted by Crippen LogP contribution is 2.37. The molecule has 0 aliphatic carbocycles. The first-order valence-electron chi connectivity index (χ1n) is 9.29. The zero-order valence-corrected chi connectivity index (χ0v) is 19.2. The van der Waals surface area contributed by atoms with Crippen molar-refractivity contribution >= 4 is 21.2 Å². The fourth-order valence-corrected chi connectivity index (χ4v) is 3.23. The average molecular weight is 391 g/mol. The molecule has 5 nitrogen and oxygen atoms in total. The van der Waals surface area contributed by atoms with Crippen molar-refractivity contribution in [3.05, 3.63) is 0 Å². The van der Waals surface area contributed by atoms with Crippen molar-refractivity contribution in [2.75, 3.05) is 6.61 Å². The number of ether oxygens (including phenoxy) is 2. The van der Waals surface area contributed by atoms with Crippen LogP contribution in [0.2, 0.25) is 0 Å². The highest BCUT2D eigenvalue weighted by atomic mass is 31.0. The van der Waals surface area contributed by atoms with Crippen LogP contribution in [0.15, 0.2) is 0 Å². The Morgan fingerprint density at radius 1 is 1.00 bits per heavy atom. The molecule has 6 heteroatoms. The third-order valence-corrected chi connectivity index (χ3v) is 4.82. The van der Waals surface area contributed by atoms with Gasteiger partial charge in [0.15, 0.2) is 0 Å². The summed E-state index contributed by atoms with van der Waals surface area (Å²) in [5.41, 5.74) is -1.47. The fourth-order valence-electron chi connectivity index (χ4n) is 2.67. The summed E-state index contributed by atoms with van der Waals surface area (Å²) in [5.74, 6) is -0.802. The van der Waals surface area contributed by atoms with Crippen LogP contribution in [0.3, 0.4) is 0 Å². The monoisotopic (exact) mass is 390 g/mol. The van der Waals surface area contributed by atoms with Crippen molar-refractivity contribution in [1.29, 1.82) is 0 Å². The van der Waals surface area contributed by atoms with Crippen LogP contribution in [0.4, 0.5) is 0 Å². The smallest absolute Gasteiger partial charge is 0.316 e. The summed E-state index contributed by atoms with van der Waals surface area (Å²) >= 11 is 0. The van der Waals surface area contributed by atoms with Gasteiger partial charge in [-0.05, 0) is 59.8 Å². The van der Waals surface area contributed by atoms with E-state index < -0.39 is 28.2 Å². The SMILES string of the molecule is CCC(C)(C)CC(O)COC(=O)C(C)(C)CC(C)(P)C(=O)OC(C)(C)C. The second kappa shape index (κ2) is 9.01. The molecule has 3 atom stereocenters. The van der Waals surface area contributed by atoms with Crippen LogP contribution in [0.25, 0.3) is 0 Å². The van der Waals surface area contributed by atoms with E-state index in [1.807, 2.05) is 20.8 Å². The molecular weight excluding hydrogens is 351 g/mol. The molecule has 0 aromatic rings. The van der Waals surface area contributed by atoms with Gasteiger partial charge in [-0.3, -0.25) is 9.59 Å². The third-order valence-electron chi connectivity index (χ3n) is 4.38. The zero-order chi connectivity index (χ0) is 21.0. The molecule has 0 rings (SSSR count). The van der Waals surface area contributed by atoms with Gasteiger partial charge in [0.25, 0.3) is 0 Å². The van der Waals surface area contributed by atoms with Gasteiger partial charge in [-0.1, -0.05) is 27.2 Å². The second-order valence-electron chi connectivity index (χ2n) is 9.95. The number of hydrogen-bond donors (Lipinski definition) is 1. The van der Waals surface area contributed by atoms with E-state index in [9.17, 15) is 14.7 Å². The predicted octanol–water partition coefficient (Wildman–Crippen LogP) is 4.11. The van der Waals surface area contributed by atoms with Gasteiger partial charge in [0.05, 0.1) is 16.7 Å². The summed E-state index contributed by atoms with van der Waals surface area (Å²) in [6, 6.07) is 0. The Labute approximate surface area is 161 Å². The van der Waals surface area contributed by atoms with E-state index in [0.29, 0.717) is 6.42 Å². The van der Waals surface area contributed by atoms with Crippen LogP contribution in [0.1, 0.15) is 81.6 Å². The summed E-state index contributed by atoms with van der Waals surface area (Å²) in [5, 5.41) is 9.22. The van der Waals surface area contributed by atoms with Gasteiger partial charge >= 0.3 is 11.9 Å². The standard InChI is InChI=1S/C20H39O5P/c1-10-18(5,6)11-14(21)12-24-15(22)19(7,8)13-20(9,26)16(23)25-17(2,3)4/h14,21H,10-13,26H2,1-9H3. The van der Waals surface area contributed by atoms with Crippen molar-refractivity contribution < 1.29 is 24.2 Å². The maximum Gasteiger partial charge on any atom is 0.316 e. The van der Waals surface area contributed by atoms with Crippen LogP contribution in [0, 0.1) is 10.8 Å². The molecule has 0 aliphatic heterocycles. The van der Waals surface area contributed by atoms with E-state index in [1.165, 1.54) is 0 Å². The fraction of sp³-hybridized carbons (Fsp3) is 0.900. The van der Waals surface area contributed by atoms with E-state index in [0.717, 1.165) is 6.42 Å². The normalized spacial score (nSPS) is 16.6. The summed E-state index contributed by atoms with van der Waals surface area (Å²) in [4.78, 5) is 24.9. The summed E-state index contributed by atoms with van der Waals surface area (Å²) in [6.07, 6.45) is 1.06. The topological polar surface area (TPSA) is 72.8 Å². The molecule has 0 saturated heterocycles. The van der Waals surface area contributed by atoms with Crippen molar-refractivity contribution in [2.24, 2.45) is 10.8 Å². The van der Waals surface area contributed by atoms with Gasteiger partial charge in [-0.25, -0.2) is 0 Å². The Hall–Kier alpha value is -0.670. The Kier molecular flexibility index (Phi) is 8.78. The van der Waals surface area contributed by atoms with Crippen LogP contribution in [0.5, 0.6) is 0 Å². The molecule has 154 valence electrons. The van der Waals surface area contributed by atoms with Crippen molar-refractivity contribution in [1.82, 2.24) is 0 Å². The highest BCUT2D eigenvalue weighted by molar-refractivity contribution is 7.20. The molecule has 0 radical (unpaired) electrons. The molecule has 0 fully saturated rings. The lowest BCUT2D eigenvalue weighted by atomic mass is 9.82. The molecular formula is C20H39O5P. The molecule has 0 amide bonds. The summed E-state index contributed by atoms with van der Waals surface area (Å²) in [6.45, 7) is 16.8. The summed E-state index contributed by atoms with van der Waals surface area (Å²) < 4.78 is 10.8.